The highest BCUT2D eigenvalue weighted by molar-refractivity contribution is 5.88. The molecule has 0 spiro atoms. The minimum atomic E-state index is -0.644. The Kier molecular flexibility index (Phi) is 8.91. The Morgan fingerprint density at radius 3 is 2.48 bits per heavy atom. The van der Waals surface area contributed by atoms with Gasteiger partial charge in [0, 0.05) is 12.6 Å². The van der Waals surface area contributed by atoms with E-state index in [2.05, 4.69) is 5.32 Å². The molecule has 2 aromatic rings. The third-order valence-electron chi connectivity index (χ3n) is 5.56. The lowest BCUT2D eigenvalue weighted by Gasteiger charge is -2.29. The van der Waals surface area contributed by atoms with Crippen LogP contribution in [0.15, 0.2) is 42.5 Å². The molecule has 31 heavy (non-hydrogen) atoms. The number of amides is 2. The molecule has 2 rings (SSSR count). The van der Waals surface area contributed by atoms with Crippen molar-refractivity contribution >= 4 is 11.8 Å². The van der Waals surface area contributed by atoms with Gasteiger partial charge in [-0.3, -0.25) is 9.59 Å². The predicted molar refractivity (Wildman–Crippen MR) is 122 cm³/mol. The molecule has 2 aromatic carbocycles. The molecule has 2 amide bonds. The molecule has 0 aliphatic rings. The highest BCUT2D eigenvalue weighted by atomic mass is 16.5. The number of benzene rings is 2. The number of methoxy groups -OCH3 is 1. The van der Waals surface area contributed by atoms with Crippen LogP contribution in [0.5, 0.6) is 11.5 Å². The Labute approximate surface area is 185 Å². The van der Waals surface area contributed by atoms with Crippen LogP contribution in [-0.4, -0.2) is 42.5 Å². The molecule has 0 bridgehead atoms. The van der Waals surface area contributed by atoms with Gasteiger partial charge in [0.15, 0.2) is 6.61 Å². The van der Waals surface area contributed by atoms with Gasteiger partial charge in [-0.2, -0.15) is 0 Å². The molecule has 0 radical (unpaired) electrons. The van der Waals surface area contributed by atoms with E-state index in [0.29, 0.717) is 11.5 Å². The summed E-state index contributed by atoms with van der Waals surface area (Å²) >= 11 is 0. The van der Waals surface area contributed by atoms with Gasteiger partial charge < -0.3 is 19.7 Å². The molecule has 0 saturated carbocycles. The second-order valence-corrected chi connectivity index (χ2v) is 7.85. The van der Waals surface area contributed by atoms with E-state index in [1.165, 1.54) is 0 Å². The van der Waals surface area contributed by atoms with Crippen LogP contribution in [0.3, 0.4) is 0 Å². The quantitative estimate of drug-likeness (QED) is 0.623. The van der Waals surface area contributed by atoms with E-state index in [0.717, 1.165) is 23.1 Å². The summed E-state index contributed by atoms with van der Waals surface area (Å²) in [6.07, 6.45) is 0.817. The van der Waals surface area contributed by atoms with Crippen LogP contribution < -0.4 is 14.8 Å². The van der Waals surface area contributed by atoms with Crippen molar-refractivity contribution in [2.45, 2.75) is 59.7 Å². The molecule has 0 aromatic heterocycles. The van der Waals surface area contributed by atoms with E-state index in [4.69, 9.17) is 9.47 Å². The second kappa shape index (κ2) is 11.4. The van der Waals surface area contributed by atoms with Gasteiger partial charge in [0.2, 0.25) is 5.91 Å². The maximum Gasteiger partial charge on any atom is 0.261 e. The summed E-state index contributed by atoms with van der Waals surface area (Å²) in [5.41, 5.74) is 2.97. The van der Waals surface area contributed by atoms with E-state index >= 15 is 0 Å². The van der Waals surface area contributed by atoms with Gasteiger partial charge in [0.25, 0.3) is 5.91 Å². The minimum Gasteiger partial charge on any atom is -0.497 e. The van der Waals surface area contributed by atoms with Crippen LogP contribution in [0, 0.1) is 13.8 Å². The van der Waals surface area contributed by atoms with E-state index in [1.54, 1.807) is 18.9 Å². The fraction of sp³-hybridized carbons (Fsp3) is 0.440. The Bertz CT molecular complexity index is 897. The zero-order valence-corrected chi connectivity index (χ0v) is 19.4. The molecule has 0 unspecified atom stereocenters. The highest BCUT2D eigenvalue weighted by Gasteiger charge is 2.27. The van der Waals surface area contributed by atoms with Gasteiger partial charge >= 0.3 is 0 Å². The molecule has 0 aliphatic carbocycles. The highest BCUT2D eigenvalue weighted by Crippen LogP contribution is 2.21. The van der Waals surface area contributed by atoms with Crippen LogP contribution >= 0.6 is 0 Å². The number of nitrogens with zero attached hydrogens (tertiary/aromatic N) is 1. The first-order valence-electron chi connectivity index (χ1n) is 10.7. The molecule has 0 fully saturated rings. The van der Waals surface area contributed by atoms with Crippen LogP contribution in [0.4, 0.5) is 0 Å². The maximum atomic E-state index is 13.2. The summed E-state index contributed by atoms with van der Waals surface area (Å²) in [6.45, 7) is 9.80. The van der Waals surface area contributed by atoms with Gasteiger partial charge in [-0.05, 0) is 69.0 Å². The number of rotatable bonds is 10. The summed E-state index contributed by atoms with van der Waals surface area (Å²) in [5.74, 6) is 0.937. The first kappa shape index (κ1) is 24.3. The summed E-state index contributed by atoms with van der Waals surface area (Å²) in [4.78, 5) is 27.5. The Balaban J connectivity index is 2.21. The number of carbonyl (C=O) groups is 2. The maximum absolute atomic E-state index is 13.2. The van der Waals surface area contributed by atoms with Gasteiger partial charge in [0.05, 0.1) is 7.11 Å². The molecule has 0 heterocycles. The standard InChI is InChI=1S/C25H34N2O4/c1-7-18(3)26-25(29)20(5)27(15-21-11-9-12-22(14-21)30-6)24(28)16-31-23-13-8-10-17(2)19(23)4/h8-14,18,20H,7,15-16H2,1-6H3,(H,26,29)/t18-,20-/m1/s1. The fourth-order valence-corrected chi connectivity index (χ4v) is 3.12. The number of hydrogen-bond acceptors (Lipinski definition) is 4. The van der Waals surface area contributed by atoms with Gasteiger partial charge in [0.1, 0.15) is 17.5 Å². The molecular formula is C25H34N2O4. The van der Waals surface area contributed by atoms with Crippen molar-refractivity contribution in [1.29, 1.82) is 0 Å². The van der Waals surface area contributed by atoms with Crippen LogP contribution in [-0.2, 0) is 16.1 Å². The van der Waals surface area contributed by atoms with Crippen molar-refractivity contribution in [3.8, 4) is 11.5 Å². The van der Waals surface area contributed by atoms with E-state index < -0.39 is 6.04 Å². The third kappa shape index (κ3) is 6.74. The Hall–Kier alpha value is -3.02. The Morgan fingerprint density at radius 1 is 1.10 bits per heavy atom. The van der Waals surface area contributed by atoms with Crippen LogP contribution in [0.1, 0.15) is 43.9 Å². The van der Waals surface area contributed by atoms with E-state index in [-0.39, 0.29) is 31.0 Å². The first-order chi connectivity index (χ1) is 14.8. The normalized spacial score (nSPS) is 12.6. The van der Waals surface area contributed by atoms with Crippen molar-refractivity contribution in [2.75, 3.05) is 13.7 Å². The lowest BCUT2D eigenvalue weighted by molar-refractivity contribution is -0.142. The van der Waals surface area contributed by atoms with Crippen LogP contribution in [0.2, 0.25) is 0 Å². The number of carbonyl (C=O) groups excluding carboxylic acids is 2. The topological polar surface area (TPSA) is 67.9 Å². The SMILES string of the molecule is CC[C@@H](C)NC(=O)[C@@H](C)N(Cc1cccc(OC)c1)C(=O)COc1cccc(C)c1C. The number of ether oxygens (including phenoxy) is 2. The molecular weight excluding hydrogens is 392 g/mol. The van der Waals surface area contributed by atoms with Crippen molar-refractivity contribution < 1.29 is 19.1 Å². The molecule has 168 valence electrons. The number of nitrogens with one attached hydrogen (secondary N) is 1. The summed E-state index contributed by atoms with van der Waals surface area (Å²) in [5, 5.41) is 2.97. The van der Waals surface area contributed by atoms with Crippen LogP contribution in [0.25, 0.3) is 0 Å². The van der Waals surface area contributed by atoms with Crippen molar-refractivity contribution in [2.24, 2.45) is 0 Å². The summed E-state index contributed by atoms with van der Waals surface area (Å²) in [7, 11) is 1.60. The number of hydrogen-bond donors (Lipinski definition) is 1. The largest absolute Gasteiger partial charge is 0.497 e. The monoisotopic (exact) mass is 426 g/mol. The predicted octanol–water partition coefficient (Wildman–Crippen LogP) is 4.02. The lowest BCUT2D eigenvalue weighted by atomic mass is 10.1. The lowest BCUT2D eigenvalue weighted by Crippen LogP contribution is -2.50. The van der Waals surface area contributed by atoms with Crippen molar-refractivity contribution in [3.05, 3.63) is 59.2 Å². The average Bonchev–Trinajstić information content (AvgIpc) is 2.77. The zero-order valence-electron chi connectivity index (χ0n) is 19.4. The minimum absolute atomic E-state index is 0.0370. The second-order valence-electron chi connectivity index (χ2n) is 7.85. The average molecular weight is 427 g/mol. The van der Waals surface area contributed by atoms with Crippen molar-refractivity contribution in [3.63, 3.8) is 0 Å². The third-order valence-corrected chi connectivity index (χ3v) is 5.56. The van der Waals surface area contributed by atoms with Gasteiger partial charge in [-0.25, -0.2) is 0 Å². The summed E-state index contributed by atoms with van der Waals surface area (Å²) in [6, 6.07) is 12.6. The zero-order chi connectivity index (χ0) is 23.0. The smallest absolute Gasteiger partial charge is 0.261 e. The molecule has 2 atom stereocenters. The molecule has 0 saturated heterocycles. The Morgan fingerprint density at radius 2 is 1.81 bits per heavy atom. The van der Waals surface area contributed by atoms with Crippen molar-refractivity contribution in [1.82, 2.24) is 10.2 Å². The van der Waals surface area contributed by atoms with Gasteiger partial charge in [-0.15, -0.1) is 0 Å². The first-order valence-corrected chi connectivity index (χ1v) is 10.7. The summed E-state index contributed by atoms with van der Waals surface area (Å²) < 4.78 is 11.1. The van der Waals surface area contributed by atoms with Gasteiger partial charge in [-0.1, -0.05) is 31.2 Å². The fourth-order valence-electron chi connectivity index (χ4n) is 3.12. The van der Waals surface area contributed by atoms with E-state index in [9.17, 15) is 9.59 Å². The molecule has 6 nitrogen and oxygen atoms in total. The molecule has 6 heteroatoms. The van der Waals surface area contributed by atoms with E-state index in [1.807, 2.05) is 70.2 Å². The molecule has 0 aliphatic heterocycles. The number of aryl methyl sites for hydroxylation is 1. The molecule has 1 N–H and O–H groups in total.